The smallest absolute Gasteiger partial charge is 0.323 e. The van der Waals surface area contributed by atoms with Crippen molar-refractivity contribution in [1.29, 1.82) is 0 Å². The Bertz CT molecular complexity index is 608. The van der Waals surface area contributed by atoms with Gasteiger partial charge in [-0.15, -0.1) is 6.42 Å². The predicted molar refractivity (Wildman–Crippen MR) is 70.5 cm³/mol. The Morgan fingerprint density at radius 3 is 2.65 bits per heavy atom. The molecule has 0 bridgehead atoms. The molecule has 0 aliphatic rings. The van der Waals surface area contributed by atoms with E-state index in [2.05, 4.69) is 5.92 Å². The molecule has 0 heterocycles. The summed E-state index contributed by atoms with van der Waals surface area (Å²) < 4.78 is 0. The Hall–Kier alpha value is -2.59. The number of hydrogen-bond donors (Lipinski definition) is 1. The standard InChI is InChI=1S/C12H9ClN2O5/c1-2-5-14(7-11(16)17)12(18)9-6-8(15(19)20)3-4-10(9)13/h1,3-4,6H,5,7H2,(H,16,17). The van der Waals surface area contributed by atoms with E-state index in [4.69, 9.17) is 23.1 Å². The van der Waals surface area contributed by atoms with Gasteiger partial charge in [-0.1, -0.05) is 17.5 Å². The number of aliphatic carboxylic acids is 1. The highest BCUT2D eigenvalue weighted by atomic mass is 35.5. The van der Waals surface area contributed by atoms with Gasteiger partial charge in [0.1, 0.15) is 6.54 Å². The van der Waals surface area contributed by atoms with E-state index in [0.717, 1.165) is 17.0 Å². The average Bonchev–Trinajstić information content (AvgIpc) is 2.37. The second-order valence-corrected chi connectivity index (χ2v) is 4.09. The SMILES string of the molecule is C#CCN(CC(=O)O)C(=O)c1cc([N+](=O)[O-])ccc1Cl. The van der Waals surface area contributed by atoms with Crippen LogP contribution in [0.5, 0.6) is 0 Å². The van der Waals surface area contributed by atoms with Crippen LogP contribution in [0.15, 0.2) is 18.2 Å². The molecule has 1 amide bonds. The zero-order valence-corrected chi connectivity index (χ0v) is 10.8. The molecular formula is C12H9ClN2O5. The fourth-order valence-electron chi connectivity index (χ4n) is 1.43. The van der Waals surface area contributed by atoms with Crippen molar-refractivity contribution in [2.75, 3.05) is 13.1 Å². The van der Waals surface area contributed by atoms with E-state index < -0.39 is 23.3 Å². The van der Waals surface area contributed by atoms with E-state index in [-0.39, 0.29) is 22.8 Å². The fraction of sp³-hybridized carbons (Fsp3) is 0.167. The molecule has 1 aromatic rings. The van der Waals surface area contributed by atoms with Gasteiger partial charge in [-0.3, -0.25) is 19.7 Å². The minimum Gasteiger partial charge on any atom is -0.480 e. The number of hydrogen-bond acceptors (Lipinski definition) is 4. The minimum absolute atomic E-state index is 0.0204. The van der Waals surface area contributed by atoms with Crippen LogP contribution in [0.1, 0.15) is 10.4 Å². The summed E-state index contributed by atoms with van der Waals surface area (Å²) in [6, 6.07) is 3.32. The molecule has 20 heavy (non-hydrogen) atoms. The highest BCUT2D eigenvalue weighted by Crippen LogP contribution is 2.23. The molecule has 0 spiro atoms. The lowest BCUT2D eigenvalue weighted by Gasteiger charge is -2.18. The van der Waals surface area contributed by atoms with Crippen LogP contribution in [0.4, 0.5) is 5.69 Å². The number of nitrogens with zero attached hydrogens (tertiary/aromatic N) is 2. The summed E-state index contributed by atoms with van der Waals surface area (Å²) in [5.41, 5.74) is -0.494. The first-order chi connectivity index (χ1) is 9.36. The topological polar surface area (TPSA) is 101 Å². The third-order valence-corrected chi connectivity index (χ3v) is 2.62. The molecule has 1 N–H and O–H groups in total. The molecule has 0 atom stereocenters. The van der Waals surface area contributed by atoms with E-state index >= 15 is 0 Å². The van der Waals surface area contributed by atoms with Crippen LogP contribution in [0.25, 0.3) is 0 Å². The molecule has 1 aromatic carbocycles. The number of amides is 1. The maximum Gasteiger partial charge on any atom is 0.323 e. The normalized spacial score (nSPS) is 9.60. The number of carbonyl (C=O) groups excluding carboxylic acids is 1. The van der Waals surface area contributed by atoms with Gasteiger partial charge >= 0.3 is 5.97 Å². The maximum absolute atomic E-state index is 12.1. The number of nitro groups is 1. The van der Waals surface area contributed by atoms with E-state index in [9.17, 15) is 19.7 Å². The van der Waals surface area contributed by atoms with Crippen LogP contribution in [0, 0.1) is 22.5 Å². The summed E-state index contributed by atoms with van der Waals surface area (Å²) in [7, 11) is 0. The van der Waals surface area contributed by atoms with Crippen molar-refractivity contribution in [3.63, 3.8) is 0 Å². The van der Waals surface area contributed by atoms with Crippen molar-refractivity contribution in [3.05, 3.63) is 38.9 Å². The van der Waals surface area contributed by atoms with Gasteiger partial charge in [0.2, 0.25) is 0 Å². The van der Waals surface area contributed by atoms with Gasteiger partial charge in [-0.05, 0) is 6.07 Å². The summed E-state index contributed by atoms with van der Waals surface area (Å²) in [4.78, 5) is 33.6. The van der Waals surface area contributed by atoms with Crippen molar-refractivity contribution in [1.82, 2.24) is 4.90 Å². The van der Waals surface area contributed by atoms with Crippen LogP contribution in [0.3, 0.4) is 0 Å². The van der Waals surface area contributed by atoms with Crippen molar-refractivity contribution in [3.8, 4) is 12.3 Å². The first-order valence-corrected chi connectivity index (χ1v) is 5.63. The number of terminal acetylenes is 1. The molecule has 0 aromatic heterocycles. The molecule has 0 unspecified atom stereocenters. The molecule has 0 aliphatic heterocycles. The molecule has 0 radical (unpaired) electrons. The molecule has 0 aliphatic carbocycles. The Morgan fingerprint density at radius 2 is 2.15 bits per heavy atom. The maximum atomic E-state index is 12.1. The van der Waals surface area contributed by atoms with Crippen molar-refractivity contribution >= 4 is 29.2 Å². The summed E-state index contributed by atoms with van der Waals surface area (Å²) in [5, 5.41) is 19.4. The predicted octanol–water partition coefficient (Wildman–Crippen LogP) is 1.41. The second-order valence-electron chi connectivity index (χ2n) is 3.68. The fourth-order valence-corrected chi connectivity index (χ4v) is 1.63. The van der Waals surface area contributed by atoms with Gasteiger partial charge in [0.25, 0.3) is 11.6 Å². The minimum atomic E-state index is -1.25. The third-order valence-electron chi connectivity index (χ3n) is 2.29. The summed E-state index contributed by atoms with van der Waals surface area (Å²) in [6.45, 7) is -0.869. The first-order valence-electron chi connectivity index (χ1n) is 5.25. The lowest BCUT2D eigenvalue weighted by Crippen LogP contribution is -2.36. The van der Waals surface area contributed by atoms with Crippen LogP contribution >= 0.6 is 11.6 Å². The number of rotatable bonds is 5. The average molecular weight is 297 g/mol. The van der Waals surface area contributed by atoms with Crippen molar-refractivity contribution in [2.24, 2.45) is 0 Å². The second kappa shape index (κ2) is 6.54. The van der Waals surface area contributed by atoms with Crippen LogP contribution in [-0.2, 0) is 4.79 Å². The highest BCUT2D eigenvalue weighted by molar-refractivity contribution is 6.34. The van der Waals surface area contributed by atoms with Crippen LogP contribution < -0.4 is 0 Å². The van der Waals surface area contributed by atoms with Gasteiger partial charge in [-0.2, -0.15) is 0 Å². The van der Waals surface area contributed by atoms with Crippen molar-refractivity contribution in [2.45, 2.75) is 0 Å². The van der Waals surface area contributed by atoms with Crippen molar-refractivity contribution < 1.29 is 19.6 Å². The summed E-state index contributed by atoms with van der Waals surface area (Å²) in [6.07, 6.45) is 5.06. The number of non-ortho nitro benzene ring substituents is 1. The monoisotopic (exact) mass is 296 g/mol. The molecular weight excluding hydrogens is 288 g/mol. The molecule has 8 heteroatoms. The lowest BCUT2D eigenvalue weighted by molar-refractivity contribution is -0.384. The number of nitro benzene ring substituents is 1. The van der Waals surface area contributed by atoms with E-state index in [1.807, 2.05) is 0 Å². The van der Waals surface area contributed by atoms with Crippen LogP contribution in [0.2, 0.25) is 5.02 Å². The number of carboxylic acids is 1. The Labute approximate surface area is 118 Å². The van der Waals surface area contributed by atoms with Gasteiger partial charge in [0, 0.05) is 12.1 Å². The van der Waals surface area contributed by atoms with E-state index in [0.29, 0.717) is 0 Å². The van der Waals surface area contributed by atoms with Gasteiger partial charge in [0.15, 0.2) is 0 Å². The summed E-state index contributed by atoms with van der Waals surface area (Å²) in [5.74, 6) is 0.112. The Balaban J connectivity index is 3.17. The molecule has 0 saturated heterocycles. The summed E-state index contributed by atoms with van der Waals surface area (Å²) >= 11 is 5.81. The number of carboxylic acid groups (broad SMARTS) is 1. The van der Waals surface area contributed by atoms with E-state index in [1.165, 1.54) is 6.07 Å². The zero-order valence-electron chi connectivity index (χ0n) is 10.1. The highest BCUT2D eigenvalue weighted by Gasteiger charge is 2.22. The Morgan fingerprint density at radius 1 is 1.50 bits per heavy atom. The quantitative estimate of drug-likeness (QED) is 0.503. The van der Waals surface area contributed by atoms with Crippen LogP contribution in [-0.4, -0.2) is 39.9 Å². The first kappa shape index (κ1) is 15.5. The molecule has 0 saturated carbocycles. The van der Waals surface area contributed by atoms with Gasteiger partial charge in [-0.25, -0.2) is 0 Å². The molecule has 7 nitrogen and oxygen atoms in total. The third kappa shape index (κ3) is 3.70. The number of benzene rings is 1. The zero-order chi connectivity index (χ0) is 15.3. The Kier molecular flexibility index (Phi) is 5.06. The van der Waals surface area contributed by atoms with E-state index in [1.54, 1.807) is 0 Å². The largest absolute Gasteiger partial charge is 0.480 e. The number of carbonyl (C=O) groups is 2. The molecule has 1 rings (SSSR count). The van der Waals surface area contributed by atoms with Gasteiger partial charge < -0.3 is 10.0 Å². The lowest BCUT2D eigenvalue weighted by atomic mass is 10.1. The van der Waals surface area contributed by atoms with Gasteiger partial charge in [0.05, 0.1) is 22.1 Å². The number of halogens is 1. The molecule has 104 valence electrons. The molecule has 0 fully saturated rings.